The van der Waals surface area contributed by atoms with Crippen LogP contribution in [0.4, 0.5) is 0 Å². The fourth-order valence-corrected chi connectivity index (χ4v) is 1.69. The van der Waals surface area contributed by atoms with Crippen LogP contribution in [0.1, 0.15) is 12.8 Å². The van der Waals surface area contributed by atoms with Crippen LogP contribution in [-0.2, 0) is 19.1 Å². The van der Waals surface area contributed by atoms with Gasteiger partial charge in [-0.15, -0.1) is 0 Å². The lowest BCUT2D eigenvalue weighted by Crippen LogP contribution is -2.41. The summed E-state index contributed by atoms with van der Waals surface area (Å²) in [6.07, 6.45) is 2.01. The topological polar surface area (TPSA) is 87.2 Å². The number of rotatable bonds is 6. The number of carbonyl (C=O) groups is 3. The summed E-state index contributed by atoms with van der Waals surface area (Å²) >= 11 is 0. The van der Waals surface area contributed by atoms with Crippen molar-refractivity contribution in [3.8, 4) is 0 Å². The Hall–Kier alpha value is -1.63. The number of hydrogen-bond donors (Lipinski definition) is 1. The van der Waals surface area contributed by atoms with Crippen molar-refractivity contribution < 1.29 is 24.2 Å². The van der Waals surface area contributed by atoms with E-state index >= 15 is 0 Å². The fourth-order valence-electron chi connectivity index (χ4n) is 1.69. The minimum Gasteiger partial charge on any atom is -0.480 e. The quantitative estimate of drug-likeness (QED) is 0.672. The van der Waals surface area contributed by atoms with Gasteiger partial charge >= 0.3 is 5.97 Å². The smallest absolute Gasteiger partial charge is 0.329 e. The zero-order chi connectivity index (χ0) is 13.5. The monoisotopic (exact) mass is 258 g/mol. The maximum Gasteiger partial charge on any atom is 0.329 e. The Kier molecular flexibility index (Phi) is 5.57. The van der Waals surface area contributed by atoms with Gasteiger partial charge in [-0.2, -0.15) is 0 Å². The van der Waals surface area contributed by atoms with Gasteiger partial charge in [-0.1, -0.05) is 0 Å². The van der Waals surface area contributed by atoms with Crippen molar-refractivity contribution in [2.45, 2.75) is 12.8 Å². The maximum absolute atomic E-state index is 11.7. The van der Waals surface area contributed by atoms with Crippen molar-refractivity contribution >= 4 is 17.8 Å². The van der Waals surface area contributed by atoms with E-state index in [-0.39, 0.29) is 19.1 Å². The molecule has 0 aromatic rings. The van der Waals surface area contributed by atoms with Gasteiger partial charge in [0.2, 0.25) is 11.8 Å². The van der Waals surface area contributed by atoms with E-state index < -0.39 is 18.5 Å². The van der Waals surface area contributed by atoms with Crippen LogP contribution in [0.5, 0.6) is 0 Å². The summed E-state index contributed by atoms with van der Waals surface area (Å²) in [5, 5.41) is 8.34. The van der Waals surface area contributed by atoms with Crippen molar-refractivity contribution in [3.05, 3.63) is 0 Å². The molecule has 1 fully saturated rings. The highest BCUT2D eigenvalue weighted by molar-refractivity contribution is 5.85. The minimum atomic E-state index is -1.13. The standard InChI is InChI=1S/C11H18N2O5/c1-12(10(15)7-18-8-11(16)17)6-9(14)13-4-2-3-5-13/h2-8H2,1H3,(H,16,17). The molecule has 0 atom stereocenters. The van der Waals surface area contributed by atoms with E-state index in [0.29, 0.717) is 0 Å². The molecule has 1 rings (SSSR count). The van der Waals surface area contributed by atoms with Gasteiger partial charge in [0.05, 0.1) is 6.54 Å². The summed E-state index contributed by atoms with van der Waals surface area (Å²) in [5.74, 6) is -1.61. The van der Waals surface area contributed by atoms with Gasteiger partial charge in [-0.25, -0.2) is 4.79 Å². The minimum absolute atomic E-state index is 0.00919. The third kappa shape index (κ3) is 4.70. The van der Waals surface area contributed by atoms with Gasteiger partial charge in [0.25, 0.3) is 0 Å². The molecule has 0 unspecified atom stereocenters. The number of carbonyl (C=O) groups excluding carboxylic acids is 2. The molecule has 2 amide bonds. The molecule has 1 heterocycles. The summed E-state index contributed by atoms with van der Waals surface area (Å²) in [4.78, 5) is 36.4. The predicted octanol–water partition coefficient (Wildman–Crippen LogP) is -0.832. The molecule has 7 nitrogen and oxygen atoms in total. The molecule has 0 radical (unpaired) electrons. The van der Waals surface area contributed by atoms with Crippen LogP contribution in [0.3, 0.4) is 0 Å². The van der Waals surface area contributed by atoms with E-state index in [1.165, 1.54) is 11.9 Å². The average molecular weight is 258 g/mol. The van der Waals surface area contributed by atoms with Gasteiger partial charge in [-0.05, 0) is 12.8 Å². The first-order chi connectivity index (χ1) is 8.50. The summed E-state index contributed by atoms with van der Waals surface area (Å²) in [6.45, 7) is 0.664. The normalized spacial score (nSPS) is 14.6. The van der Waals surface area contributed by atoms with Crippen LogP contribution in [0.2, 0.25) is 0 Å². The van der Waals surface area contributed by atoms with E-state index in [9.17, 15) is 14.4 Å². The van der Waals surface area contributed by atoms with E-state index in [2.05, 4.69) is 4.74 Å². The van der Waals surface area contributed by atoms with Crippen molar-refractivity contribution in [2.75, 3.05) is 39.9 Å². The number of hydrogen-bond acceptors (Lipinski definition) is 4. The molecule has 102 valence electrons. The van der Waals surface area contributed by atoms with Gasteiger partial charge in [-0.3, -0.25) is 9.59 Å². The van der Waals surface area contributed by atoms with Gasteiger partial charge in [0.15, 0.2) is 0 Å². The summed E-state index contributed by atoms with van der Waals surface area (Å²) < 4.78 is 4.67. The highest BCUT2D eigenvalue weighted by atomic mass is 16.5. The molecule has 0 aliphatic carbocycles. The number of ether oxygens (including phenoxy) is 1. The molecule has 1 saturated heterocycles. The molecular weight excluding hydrogens is 240 g/mol. The van der Waals surface area contributed by atoms with Crippen molar-refractivity contribution in [1.29, 1.82) is 0 Å². The van der Waals surface area contributed by atoms with Crippen LogP contribution in [0, 0.1) is 0 Å². The van der Waals surface area contributed by atoms with Crippen LogP contribution in [0.25, 0.3) is 0 Å². The first-order valence-corrected chi connectivity index (χ1v) is 5.82. The van der Waals surface area contributed by atoms with Crippen molar-refractivity contribution in [2.24, 2.45) is 0 Å². The first-order valence-electron chi connectivity index (χ1n) is 5.82. The Morgan fingerprint density at radius 2 is 1.83 bits per heavy atom. The molecule has 0 spiro atoms. The highest BCUT2D eigenvalue weighted by Crippen LogP contribution is 2.07. The summed E-state index contributed by atoms with van der Waals surface area (Å²) in [7, 11) is 1.50. The van der Waals surface area contributed by atoms with Crippen LogP contribution in [0.15, 0.2) is 0 Å². The van der Waals surface area contributed by atoms with Gasteiger partial charge < -0.3 is 19.6 Å². The molecule has 18 heavy (non-hydrogen) atoms. The Labute approximate surface area is 105 Å². The van der Waals surface area contributed by atoms with Gasteiger partial charge in [0, 0.05) is 20.1 Å². The lowest BCUT2D eigenvalue weighted by Gasteiger charge is -2.21. The molecule has 0 saturated carbocycles. The number of amides is 2. The Morgan fingerprint density at radius 3 is 2.39 bits per heavy atom. The third-order valence-electron chi connectivity index (χ3n) is 2.71. The number of carboxylic acid groups (broad SMARTS) is 1. The largest absolute Gasteiger partial charge is 0.480 e. The first kappa shape index (κ1) is 14.4. The fraction of sp³-hybridized carbons (Fsp3) is 0.727. The number of likely N-dealkylation sites (tertiary alicyclic amines) is 1. The molecular formula is C11H18N2O5. The highest BCUT2D eigenvalue weighted by Gasteiger charge is 2.21. The summed E-state index contributed by atoms with van der Waals surface area (Å²) in [5.41, 5.74) is 0. The predicted molar refractivity (Wildman–Crippen MR) is 61.9 cm³/mol. The molecule has 0 aromatic carbocycles. The zero-order valence-corrected chi connectivity index (χ0v) is 10.4. The van der Waals surface area contributed by atoms with E-state index in [1.807, 2.05) is 0 Å². The lowest BCUT2D eigenvalue weighted by atomic mass is 10.4. The zero-order valence-electron chi connectivity index (χ0n) is 10.4. The Bertz CT molecular complexity index is 325. The molecule has 0 aromatic heterocycles. The van der Waals surface area contributed by atoms with Crippen LogP contribution in [-0.4, -0.2) is 72.6 Å². The lowest BCUT2D eigenvalue weighted by molar-refractivity contribution is -0.147. The SMILES string of the molecule is CN(CC(=O)N1CCCC1)C(=O)COCC(=O)O. The second-order valence-corrected chi connectivity index (χ2v) is 4.22. The molecule has 1 aliphatic heterocycles. The Balaban J connectivity index is 2.25. The average Bonchev–Trinajstić information content (AvgIpc) is 2.81. The number of carboxylic acids is 1. The molecule has 0 bridgehead atoms. The van der Waals surface area contributed by atoms with E-state index in [0.717, 1.165) is 25.9 Å². The van der Waals surface area contributed by atoms with Crippen molar-refractivity contribution in [3.63, 3.8) is 0 Å². The number of likely N-dealkylation sites (N-methyl/N-ethyl adjacent to an activating group) is 1. The maximum atomic E-state index is 11.7. The van der Waals surface area contributed by atoms with Crippen LogP contribution < -0.4 is 0 Å². The van der Waals surface area contributed by atoms with E-state index in [4.69, 9.17) is 5.11 Å². The number of aliphatic carboxylic acids is 1. The van der Waals surface area contributed by atoms with Gasteiger partial charge in [0.1, 0.15) is 13.2 Å². The second kappa shape index (κ2) is 6.95. The molecule has 1 aliphatic rings. The molecule has 7 heteroatoms. The second-order valence-electron chi connectivity index (χ2n) is 4.22. The molecule has 1 N–H and O–H groups in total. The van der Waals surface area contributed by atoms with Crippen molar-refractivity contribution in [1.82, 2.24) is 9.80 Å². The number of nitrogens with zero attached hydrogens (tertiary/aromatic N) is 2. The Morgan fingerprint density at radius 1 is 1.22 bits per heavy atom. The van der Waals surface area contributed by atoms with E-state index in [1.54, 1.807) is 4.90 Å². The third-order valence-corrected chi connectivity index (χ3v) is 2.71. The summed E-state index contributed by atoms with van der Waals surface area (Å²) in [6, 6.07) is 0. The van der Waals surface area contributed by atoms with Crippen LogP contribution >= 0.6 is 0 Å².